The van der Waals surface area contributed by atoms with E-state index in [0.717, 1.165) is 44.3 Å². The number of aliphatic hydroxyl groups is 1. The number of rotatable bonds is 9. The van der Waals surface area contributed by atoms with Crippen LogP contribution < -0.4 is 4.90 Å². The number of carbonyl (C=O) groups excluding carboxylic acids is 1. The maximum Gasteiger partial charge on any atom is 0.253 e. The fourth-order valence-electron chi connectivity index (χ4n) is 5.26. The highest BCUT2D eigenvalue weighted by Crippen LogP contribution is 2.31. The summed E-state index contributed by atoms with van der Waals surface area (Å²) >= 11 is 0. The molecule has 1 saturated heterocycles. The molecule has 0 aliphatic carbocycles. The highest BCUT2D eigenvalue weighted by Gasteiger charge is 2.26. The summed E-state index contributed by atoms with van der Waals surface area (Å²) in [5.41, 5.74) is 2.47. The van der Waals surface area contributed by atoms with Gasteiger partial charge >= 0.3 is 0 Å². The minimum absolute atomic E-state index is 0.0447. The SMILES string of the molecule is CCCc1cnc(N2CCC(n3cc(F)c4c(Cc5ccc(C(=O)N(C)CCO)cc5F)ncnc43)CC2)nc1. The molecular formula is C29H33F2N7O2. The smallest absolute Gasteiger partial charge is 0.253 e. The lowest BCUT2D eigenvalue weighted by Gasteiger charge is -2.32. The molecule has 1 aliphatic rings. The second-order valence-corrected chi connectivity index (χ2v) is 10.2. The first-order valence-electron chi connectivity index (χ1n) is 13.6. The number of anilines is 1. The van der Waals surface area contributed by atoms with Gasteiger partial charge in [0.05, 0.1) is 17.7 Å². The number of hydrogen-bond acceptors (Lipinski definition) is 7. The monoisotopic (exact) mass is 549 g/mol. The number of aryl methyl sites for hydroxylation is 1. The molecule has 0 unspecified atom stereocenters. The van der Waals surface area contributed by atoms with E-state index >= 15 is 8.78 Å². The normalized spacial score (nSPS) is 14.2. The number of nitrogens with zero attached hydrogens (tertiary/aromatic N) is 7. The van der Waals surface area contributed by atoms with Crippen molar-refractivity contribution < 1.29 is 18.7 Å². The third-order valence-corrected chi connectivity index (χ3v) is 7.45. The standard InChI is InChI=1S/C29H33F2N7O2/c1-3-4-19-15-32-29(33-16-19)37-9-7-22(8-10-37)38-17-24(31)26-25(34-18-35-27(26)38)14-20-5-6-21(13-23(20)30)28(40)36(2)11-12-39/h5-6,13,15-18,22,39H,3-4,7-12,14H2,1-2H3. The van der Waals surface area contributed by atoms with E-state index in [1.54, 1.807) is 0 Å². The number of aromatic nitrogens is 5. The zero-order chi connectivity index (χ0) is 28.2. The summed E-state index contributed by atoms with van der Waals surface area (Å²) in [5.74, 6) is -0.702. The number of piperidine rings is 1. The zero-order valence-corrected chi connectivity index (χ0v) is 22.7. The number of benzene rings is 1. The number of amides is 1. The van der Waals surface area contributed by atoms with Crippen LogP contribution in [0.3, 0.4) is 0 Å². The van der Waals surface area contributed by atoms with Crippen molar-refractivity contribution in [3.8, 4) is 0 Å². The van der Waals surface area contributed by atoms with E-state index in [4.69, 9.17) is 5.11 Å². The highest BCUT2D eigenvalue weighted by molar-refractivity contribution is 5.94. The summed E-state index contributed by atoms with van der Waals surface area (Å²) in [4.78, 5) is 33.6. The van der Waals surface area contributed by atoms with E-state index in [9.17, 15) is 4.79 Å². The lowest BCUT2D eigenvalue weighted by molar-refractivity contribution is 0.0766. The average molecular weight is 550 g/mol. The molecule has 40 heavy (non-hydrogen) atoms. The van der Waals surface area contributed by atoms with Crippen molar-refractivity contribution in [3.05, 3.63) is 77.1 Å². The molecule has 1 N–H and O–H groups in total. The fraction of sp³-hybridized carbons (Fsp3) is 0.414. The first-order valence-corrected chi connectivity index (χ1v) is 13.6. The molecular weight excluding hydrogens is 516 g/mol. The lowest BCUT2D eigenvalue weighted by atomic mass is 10.0. The second kappa shape index (κ2) is 12.0. The Labute approximate surface area is 231 Å². The van der Waals surface area contributed by atoms with Gasteiger partial charge in [-0.3, -0.25) is 4.79 Å². The Bertz CT molecular complexity index is 1480. The van der Waals surface area contributed by atoms with Crippen molar-refractivity contribution in [3.63, 3.8) is 0 Å². The molecule has 0 radical (unpaired) electrons. The molecule has 4 heterocycles. The molecule has 0 saturated carbocycles. The minimum Gasteiger partial charge on any atom is -0.395 e. The van der Waals surface area contributed by atoms with E-state index < -0.39 is 17.5 Å². The van der Waals surface area contributed by atoms with Crippen molar-refractivity contribution in [1.29, 1.82) is 0 Å². The number of likely N-dealkylation sites (N-methyl/N-ethyl adjacent to an activating group) is 1. The van der Waals surface area contributed by atoms with Crippen LogP contribution in [-0.2, 0) is 12.8 Å². The second-order valence-electron chi connectivity index (χ2n) is 10.2. The van der Waals surface area contributed by atoms with Gasteiger partial charge in [-0.05, 0) is 42.5 Å². The predicted octanol–water partition coefficient (Wildman–Crippen LogP) is 3.95. The van der Waals surface area contributed by atoms with Crippen LogP contribution in [0.2, 0.25) is 0 Å². The van der Waals surface area contributed by atoms with Crippen LogP contribution in [0.5, 0.6) is 0 Å². The first kappa shape index (κ1) is 27.6. The van der Waals surface area contributed by atoms with Gasteiger partial charge in [-0.15, -0.1) is 0 Å². The summed E-state index contributed by atoms with van der Waals surface area (Å²) in [7, 11) is 1.54. The molecule has 1 amide bonds. The zero-order valence-electron chi connectivity index (χ0n) is 22.7. The number of fused-ring (bicyclic) bond motifs is 1. The van der Waals surface area contributed by atoms with Crippen molar-refractivity contribution in [1.82, 2.24) is 29.4 Å². The van der Waals surface area contributed by atoms with Crippen molar-refractivity contribution >= 4 is 22.9 Å². The van der Waals surface area contributed by atoms with Gasteiger partial charge in [0.2, 0.25) is 5.95 Å². The molecule has 5 rings (SSSR count). The highest BCUT2D eigenvalue weighted by atomic mass is 19.1. The summed E-state index contributed by atoms with van der Waals surface area (Å²) in [6.45, 7) is 3.57. The largest absolute Gasteiger partial charge is 0.395 e. The van der Waals surface area contributed by atoms with Crippen molar-refractivity contribution in [2.24, 2.45) is 0 Å². The van der Waals surface area contributed by atoms with Gasteiger partial charge in [0.1, 0.15) is 17.8 Å². The average Bonchev–Trinajstić information content (AvgIpc) is 3.31. The van der Waals surface area contributed by atoms with E-state index in [1.165, 1.54) is 42.7 Å². The molecule has 11 heteroatoms. The third-order valence-electron chi connectivity index (χ3n) is 7.45. The maximum atomic E-state index is 15.3. The number of hydrogen-bond donors (Lipinski definition) is 1. The molecule has 9 nitrogen and oxygen atoms in total. The number of aliphatic hydroxyl groups excluding tert-OH is 1. The third kappa shape index (κ3) is 5.65. The Morgan fingerprint density at radius 1 is 1.10 bits per heavy atom. The molecule has 1 aliphatic heterocycles. The summed E-state index contributed by atoms with van der Waals surface area (Å²) in [5, 5.41) is 9.33. The Morgan fingerprint density at radius 3 is 2.52 bits per heavy atom. The van der Waals surface area contributed by atoms with E-state index in [0.29, 0.717) is 22.9 Å². The van der Waals surface area contributed by atoms with Gasteiger partial charge in [-0.25, -0.2) is 28.7 Å². The van der Waals surface area contributed by atoms with Gasteiger partial charge in [-0.2, -0.15) is 0 Å². The van der Waals surface area contributed by atoms with Gasteiger partial charge in [0, 0.05) is 63.3 Å². The van der Waals surface area contributed by atoms with Gasteiger partial charge < -0.3 is 19.5 Å². The summed E-state index contributed by atoms with van der Waals surface area (Å²) in [6.07, 6.45) is 10.2. The molecule has 0 atom stereocenters. The van der Waals surface area contributed by atoms with Crippen LogP contribution >= 0.6 is 0 Å². The Kier molecular flexibility index (Phi) is 8.29. The Balaban J connectivity index is 1.32. The topological polar surface area (TPSA) is 100 Å². The van der Waals surface area contributed by atoms with E-state index in [2.05, 4.69) is 31.8 Å². The maximum absolute atomic E-state index is 15.3. The van der Waals surface area contributed by atoms with Crippen LogP contribution in [-0.4, -0.2) is 73.7 Å². The van der Waals surface area contributed by atoms with Gasteiger partial charge in [0.15, 0.2) is 5.82 Å². The minimum atomic E-state index is -0.577. The van der Waals surface area contributed by atoms with Crippen LogP contribution in [0.1, 0.15) is 59.4 Å². The van der Waals surface area contributed by atoms with Gasteiger partial charge in [0.25, 0.3) is 5.91 Å². The van der Waals surface area contributed by atoms with Crippen LogP contribution in [0.25, 0.3) is 11.0 Å². The van der Waals surface area contributed by atoms with E-state index in [1.807, 2.05) is 17.0 Å². The van der Waals surface area contributed by atoms with Crippen LogP contribution in [0, 0.1) is 11.6 Å². The predicted molar refractivity (Wildman–Crippen MR) is 147 cm³/mol. The number of halogens is 2. The van der Waals surface area contributed by atoms with Crippen molar-refractivity contribution in [2.75, 3.05) is 38.2 Å². The molecule has 4 aromatic rings. The molecule has 0 bridgehead atoms. The number of carbonyl (C=O) groups is 1. The molecule has 1 aromatic carbocycles. The molecule has 0 spiro atoms. The molecule has 3 aromatic heterocycles. The molecule has 1 fully saturated rings. The summed E-state index contributed by atoms with van der Waals surface area (Å²) in [6, 6.07) is 4.26. The quantitative estimate of drug-likeness (QED) is 0.338. The molecule has 210 valence electrons. The fourth-order valence-corrected chi connectivity index (χ4v) is 5.26. The van der Waals surface area contributed by atoms with E-state index in [-0.39, 0.29) is 36.6 Å². The van der Waals surface area contributed by atoms with Crippen LogP contribution in [0.4, 0.5) is 14.7 Å². The Morgan fingerprint density at radius 2 is 1.85 bits per heavy atom. The first-order chi connectivity index (χ1) is 19.4. The van der Waals surface area contributed by atoms with Crippen molar-refractivity contribution in [2.45, 2.75) is 45.1 Å². The lowest BCUT2D eigenvalue weighted by Crippen LogP contribution is -2.35. The Hall–Kier alpha value is -3.99. The van der Waals surface area contributed by atoms with Gasteiger partial charge in [-0.1, -0.05) is 19.4 Å². The van der Waals surface area contributed by atoms with Crippen LogP contribution in [0.15, 0.2) is 43.1 Å². The summed E-state index contributed by atoms with van der Waals surface area (Å²) < 4.78 is 32.2.